The van der Waals surface area contributed by atoms with Gasteiger partial charge in [0.15, 0.2) is 0 Å². The van der Waals surface area contributed by atoms with Crippen LogP contribution < -0.4 is 5.32 Å². The van der Waals surface area contributed by atoms with Crippen LogP contribution in [0.1, 0.15) is 49.8 Å². The fourth-order valence-electron chi connectivity index (χ4n) is 3.38. The minimum Gasteiger partial charge on any atom is -0.306 e. The van der Waals surface area contributed by atoms with Crippen LogP contribution in [-0.2, 0) is 0 Å². The summed E-state index contributed by atoms with van der Waals surface area (Å²) in [6, 6.07) is 15.2. The molecule has 110 valence electrons. The van der Waals surface area contributed by atoms with Crippen molar-refractivity contribution >= 4 is 0 Å². The molecule has 1 aromatic heterocycles. The molecule has 1 atom stereocenters. The van der Waals surface area contributed by atoms with E-state index in [4.69, 9.17) is 0 Å². The highest BCUT2D eigenvalue weighted by molar-refractivity contribution is 5.30. The minimum atomic E-state index is 0.256. The average Bonchev–Trinajstić information content (AvgIpc) is 2.97. The molecular weight excluding hydrogens is 256 g/mol. The van der Waals surface area contributed by atoms with Gasteiger partial charge in [0.2, 0.25) is 0 Å². The number of rotatable bonds is 5. The van der Waals surface area contributed by atoms with E-state index in [1.54, 1.807) is 0 Å². The summed E-state index contributed by atoms with van der Waals surface area (Å²) in [5.41, 5.74) is 3.07. The van der Waals surface area contributed by atoms with E-state index in [1.807, 2.05) is 12.4 Å². The largest absolute Gasteiger partial charge is 0.306 e. The molecule has 0 radical (unpaired) electrons. The zero-order valence-electron chi connectivity index (χ0n) is 12.8. The molecule has 1 aliphatic carbocycles. The standard InChI is InChI=1S/C19H24N2/c1-19(11-5-6-12-19)15-21-18(16-7-3-2-4-8-16)17-9-13-20-14-10-17/h2-4,7-10,13-14,18,21H,5-6,11-12,15H2,1H3. The van der Waals surface area contributed by atoms with Crippen molar-refractivity contribution in [1.82, 2.24) is 10.3 Å². The van der Waals surface area contributed by atoms with Crippen molar-refractivity contribution in [3.63, 3.8) is 0 Å². The minimum absolute atomic E-state index is 0.256. The highest BCUT2D eigenvalue weighted by atomic mass is 14.9. The van der Waals surface area contributed by atoms with Gasteiger partial charge in [-0.05, 0) is 41.5 Å². The molecule has 1 heterocycles. The van der Waals surface area contributed by atoms with Crippen molar-refractivity contribution in [2.75, 3.05) is 6.54 Å². The van der Waals surface area contributed by atoms with Gasteiger partial charge in [-0.25, -0.2) is 0 Å². The lowest BCUT2D eigenvalue weighted by atomic mass is 9.88. The molecule has 1 unspecified atom stereocenters. The Balaban J connectivity index is 1.80. The summed E-state index contributed by atoms with van der Waals surface area (Å²) in [6.07, 6.45) is 9.21. The Labute approximate surface area is 127 Å². The number of aromatic nitrogens is 1. The maximum absolute atomic E-state index is 4.14. The molecular formula is C19H24N2. The highest BCUT2D eigenvalue weighted by Gasteiger charge is 2.29. The third-order valence-corrected chi connectivity index (χ3v) is 4.72. The van der Waals surface area contributed by atoms with Crippen LogP contribution in [0.25, 0.3) is 0 Å². The first kappa shape index (κ1) is 14.3. The van der Waals surface area contributed by atoms with Gasteiger partial charge in [0.25, 0.3) is 0 Å². The number of pyridine rings is 1. The Morgan fingerprint density at radius 3 is 2.29 bits per heavy atom. The molecule has 0 amide bonds. The molecule has 0 saturated heterocycles. The molecule has 2 nitrogen and oxygen atoms in total. The second-order valence-corrected chi connectivity index (χ2v) is 6.52. The quantitative estimate of drug-likeness (QED) is 0.881. The highest BCUT2D eigenvalue weighted by Crippen LogP contribution is 2.37. The van der Waals surface area contributed by atoms with E-state index in [-0.39, 0.29) is 6.04 Å². The number of hydrogen-bond donors (Lipinski definition) is 1. The summed E-state index contributed by atoms with van der Waals surface area (Å²) >= 11 is 0. The third-order valence-electron chi connectivity index (χ3n) is 4.72. The first-order valence-corrected chi connectivity index (χ1v) is 7.95. The van der Waals surface area contributed by atoms with Gasteiger partial charge >= 0.3 is 0 Å². The molecule has 1 aromatic carbocycles. The van der Waals surface area contributed by atoms with Crippen LogP contribution >= 0.6 is 0 Å². The van der Waals surface area contributed by atoms with E-state index in [2.05, 4.69) is 59.7 Å². The summed E-state index contributed by atoms with van der Waals surface area (Å²) < 4.78 is 0. The molecule has 0 aliphatic heterocycles. The normalized spacial score (nSPS) is 18.5. The summed E-state index contributed by atoms with van der Waals surface area (Å²) in [5.74, 6) is 0. The molecule has 3 rings (SSSR count). The summed E-state index contributed by atoms with van der Waals surface area (Å²) in [6.45, 7) is 3.50. The molecule has 0 bridgehead atoms. The van der Waals surface area contributed by atoms with Gasteiger partial charge in [-0.1, -0.05) is 50.1 Å². The predicted octanol–water partition coefficient (Wildman–Crippen LogP) is 4.34. The van der Waals surface area contributed by atoms with E-state index in [0.717, 1.165) is 6.54 Å². The third kappa shape index (κ3) is 3.51. The van der Waals surface area contributed by atoms with Crippen molar-refractivity contribution in [1.29, 1.82) is 0 Å². The smallest absolute Gasteiger partial charge is 0.0578 e. The number of hydrogen-bond acceptors (Lipinski definition) is 2. The van der Waals surface area contributed by atoms with Crippen LogP contribution in [-0.4, -0.2) is 11.5 Å². The molecule has 1 fully saturated rings. The van der Waals surface area contributed by atoms with Gasteiger partial charge in [0, 0.05) is 18.9 Å². The fraction of sp³-hybridized carbons (Fsp3) is 0.421. The molecule has 21 heavy (non-hydrogen) atoms. The zero-order chi connectivity index (χ0) is 14.5. The van der Waals surface area contributed by atoms with Crippen LogP contribution in [0, 0.1) is 5.41 Å². The molecule has 0 spiro atoms. The maximum atomic E-state index is 4.14. The van der Waals surface area contributed by atoms with E-state index in [0.29, 0.717) is 5.41 Å². The fourth-order valence-corrected chi connectivity index (χ4v) is 3.38. The van der Waals surface area contributed by atoms with Crippen LogP contribution in [0.5, 0.6) is 0 Å². The van der Waals surface area contributed by atoms with Crippen LogP contribution in [0.3, 0.4) is 0 Å². The van der Waals surface area contributed by atoms with E-state index in [1.165, 1.54) is 36.8 Å². The van der Waals surface area contributed by atoms with Gasteiger partial charge in [-0.3, -0.25) is 4.98 Å². The van der Waals surface area contributed by atoms with Gasteiger partial charge < -0.3 is 5.32 Å². The lowest BCUT2D eigenvalue weighted by Gasteiger charge is -2.28. The van der Waals surface area contributed by atoms with Crippen molar-refractivity contribution in [2.45, 2.75) is 38.6 Å². The van der Waals surface area contributed by atoms with Crippen LogP contribution in [0.2, 0.25) is 0 Å². The first-order chi connectivity index (χ1) is 10.3. The maximum Gasteiger partial charge on any atom is 0.0578 e. The number of nitrogens with one attached hydrogen (secondary N) is 1. The number of benzene rings is 1. The summed E-state index contributed by atoms with van der Waals surface area (Å²) in [4.78, 5) is 4.14. The van der Waals surface area contributed by atoms with Gasteiger partial charge in [-0.2, -0.15) is 0 Å². The molecule has 1 N–H and O–H groups in total. The Morgan fingerprint density at radius 2 is 1.62 bits per heavy atom. The lowest BCUT2D eigenvalue weighted by Crippen LogP contribution is -2.33. The van der Waals surface area contributed by atoms with E-state index in [9.17, 15) is 0 Å². The zero-order valence-corrected chi connectivity index (χ0v) is 12.8. The molecule has 1 saturated carbocycles. The monoisotopic (exact) mass is 280 g/mol. The predicted molar refractivity (Wildman–Crippen MR) is 87.1 cm³/mol. The topological polar surface area (TPSA) is 24.9 Å². The van der Waals surface area contributed by atoms with Crippen LogP contribution in [0.4, 0.5) is 0 Å². The molecule has 1 aliphatic rings. The first-order valence-electron chi connectivity index (χ1n) is 7.95. The van der Waals surface area contributed by atoms with Gasteiger partial charge in [0.1, 0.15) is 0 Å². The second-order valence-electron chi connectivity index (χ2n) is 6.52. The Bertz CT molecular complexity index is 505. The second kappa shape index (κ2) is 6.40. The van der Waals surface area contributed by atoms with Crippen LogP contribution in [0.15, 0.2) is 54.9 Å². The number of nitrogens with zero attached hydrogens (tertiary/aromatic N) is 1. The Hall–Kier alpha value is -1.67. The lowest BCUT2D eigenvalue weighted by molar-refractivity contribution is 0.306. The SMILES string of the molecule is CC1(CNC(c2ccccc2)c2ccncc2)CCCC1. The molecule has 2 heteroatoms. The Morgan fingerprint density at radius 1 is 1.00 bits per heavy atom. The van der Waals surface area contributed by atoms with Crippen molar-refractivity contribution in [3.8, 4) is 0 Å². The van der Waals surface area contributed by atoms with Gasteiger partial charge in [0.05, 0.1) is 6.04 Å². The van der Waals surface area contributed by atoms with Gasteiger partial charge in [-0.15, -0.1) is 0 Å². The summed E-state index contributed by atoms with van der Waals surface area (Å²) in [7, 11) is 0. The Kier molecular flexibility index (Phi) is 4.35. The molecule has 2 aromatic rings. The summed E-state index contributed by atoms with van der Waals surface area (Å²) in [5, 5.41) is 3.81. The van der Waals surface area contributed by atoms with E-state index >= 15 is 0 Å². The van der Waals surface area contributed by atoms with Crippen molar-refractivity contribution < 1.29 is 0 Å². The van der Waals surface area contributed by atoms with Crippen molar-refractivity contribution in [2.24, 2.45) is 5.41 Å². The van der Waals surface area contributed by atoms with Crippen molar-refractivity contribution in [3.05, 3.63) is 66.0 Å². The van der Waals surface area contributed by atoms with E-state index < -0.39 is 0 Å². The average molecular weight is 280 g/mol.